The summed E-state index contributed by atoms with van der Waals surface area (Å²) in [4.78, 5) is 2.88. The Morgan fingerprint density at radius 1 is 1.19 bits per heavy atom. The fourth-order valence-corrected chi connectivity index (χ4v) is 4.53. The maximum absolute atomic E-state index is 5.68. The minimum absolute atomic E-state index is 0.366. The van der Waals surface area contributed by atoms with Crippen molar-refractivity contribution in [1.82, 2.24) is 10.2 Å². The summed E-state index contributed by atoms with van der Waals surface area (Å²) in [6.07, 6.45) is 10.7. The minimum atomic E-state index is 0.366. The van der Waals surface area contributed by atoms with Gasteiger partial charge in [-0.1, -0.05) is 27.2 Å². The first-order chi connectivity index (χ1) is 10.2. The Morgan fingerprint density at radius 3 is 2.57 bits per heavy atom. The summed E-state index contributed by atoms with van der Waals surface area (Å²) in [6, 6.07) is 1.41. The lowest BCUT2D eigenvalue weighted by atomic mass is 9.81. The predicted octanol–water partition coefficient (Wildman–Crippen LogP) is 3.58. The fraction of sp³-hybridized carbons (Fsp3) is 1.00. The van der Waals surface area contributed by atoms with Crippen LogP contribution >= 0.6 is 0 Å². The molecule has 2 rings (SSSR count). The maximum Gasteiger partial charge on any atom is 0.0586 e. The molecule has 0 aromatic heterocycles. The van der Waals surface area contributed by atoms with Crippen LogP contribution in [0.5, 0.6) is 0 Å². The van der Waals surface area contributed by atoms with Crippen LogP contribution in [0.3, 0.4) is 0 Å². The third kappa shape index (κ3) is 3.80. The van der Waals surface area contributed by atoms with Crippen LogP contribution in [0.4, 0.5) is 0 Å². The van der Waals surface area contributed by atoms with Gasteiger partial charge in [0.05, 0.1) is 6.10 Å². The van der Waals surface area contributed by atoms with Gasteiger partial charge in [-0.25, -0.2) is 0 Å². The highest BCUT2D eigenvalue weighted by molar-refractivity contribution is 5.01. The van der Waals surface area contributed by atoms with E-state index in [1.165, 1.54) is 64.5 Å². The first kappa shape index (κ1) is 17.2. The Morgan fingerprint density at radius 2 is 1.95 bits per heavy atom. The molecule has 0 bridgehead atoms. The number of hydrogen-bond donors (Lipinski definition) is 1. The summed E-state index contributed by atoms with van der Waals surface area (Å²) in [7, 11) is 1.89. The van der Waals surface area contributed by atoms with Crippen LogP contribution in [-0.4, -0.2) is 48.8 Å². The molecule has 3 atom stereocenters. The number of methoxy groups -OCH3 is 1. The van der Waals surface area contributed by atoms with Crippen LogP contribution in [0, 0.1) is 0 Å². The van der Waals surface area contributed by atoms with Crippen molar-refractivity contribution in [2.24, 2.45) is 0 Å². The topological polar surface area (TPSA) is 24.5 Å². The van der Waals surface area contributed by atoms with Gasteiger partial charge in [-0.15, -0.1) is 0 Å². The van der Waals surface area contributed by atoms with Gasteiger partial charge in [-0.05, 0) is 44.9 Å². The van der Waals surface area contributed by atoms with Gasteiger partial charge in [0.2, 0.25) is 0 Å². The molecule has 1 heterocycles. The summed E-state index contributed by atoms with van der Waals surface area (Å²) >= 11 is 0. The smallest absolute Gasteiger partial charge is 0.0586 e. The molecule has 1 N–H and O–H groups in total. The highest BCUT2D eigenvalue weighted by atomic mass is 16.5. The van der Waals surface area contributed by atoms with Crippen LogP contribution in [-0.2, 0) is 4.74 Å². The number of ether oxygens (including phenoxy) is 1. The third-order valence-electron chi connectivity index (χ3n) is 6.07. The van der Waals surface area contributed by atoms with Gasteiger partial charge in [0.25, 0.3) is 0 Å². The van der Waals surface area contributed by atoms with E-state index in [1.54, 1.807) is 0 Å². The molecule has 1 aliphatic carbocycles. The molecular weight excluding hydrogens is 260 g/mol. The van der Waals surface area contributed by atoms with E-state index in [0.29, 0.717) is 17.7 Å². The van der Waals surface area contributed by atoms with Crippen molar-refractivity contribution >= 4 is 0 Å². The van der Waals surface area contributed by atoms with Crippen LogP contribution in [0.15, 0.2) is 0 Å². The zero-order valence-corrected chi connectivity index (χ0v) is 14.7. The molecule has 1 saturated carbocycles. The summed E-state index contributed by atoms with van der Waals surface area (Å²) < 4.78 is 5.68. The molecule has 0 aromatic carbocycles. The normalized spacial score (nSPS) is 34.0. The molecule has 3 nitrogen and oxygen atoms in total. The number of nitrogens with zero attached hydrogens (tertiary/aromatic N) is 1. The van der Waals surface area contributed by atoms with E-state index in [2.05, 4.69) is 31.0 Å². The first-order valence-electron chi connectivity index (χ1n) is 9.22. The molecule has 0 aromatic rings. The molecule has 3 heteroatoms. The molecular formula is C18H36N2O. The van der Waals surface area contributed by atoms with Crippen molar-refractivity contribution in [2.75, 3.05) is 20.2 Å². The summed E-state index contributed by atoms with van der Waals surface area (Å²) in [5, 5.41) is 3.83. The second kappa shape index (κ2) is 7.94. The lowest BCUT2D eigenvalue weighted by molar-refractivity contribution is -0.0456. The molecule has 21 heavy (non-hydrogen) atoms. The average Bonchev–Trinajstić information content (AvgIpc) is 2.55. The lowest BCUT2D eigenvalue weighted by Gasteiger charge is -2.54. The summed E-state index contributed by atoms with van der Waals surface area (Å²) in [6.45, 7) is 9.44. The third-order valence-corrected chi connectivity index (χ3v) is 6.07. The number of nitrogens with one attached hydrogen (secondary N) is 1. The highest BCUT2D eigenvalue weighted by Gasteiger charge is 2.43. The van der Waals surface area contributed by atoms with Crippen molar-refractivity contribution < 1.29 is 4.74 Å². The monoisotopic (exact) mass is 296 g/mol. The number of rotatable bonds is 6. The first-order valence-corrected chi connectivity index (χ1v) is 9.22. The maximum atomic E-state index is 5.68. The standard InChI is InChI=1S/C18H36N2O/c1-5-9-15-13-20(18(6-2,7-3)14-19-15)16-10-8-11-17(12-16)21-4/h15-17,19H,5-14H2,1-4H3. The Bertz CT molecular complexity index is 304. The van der Waals surface area contributed by atoms with Gasteiger partial charge in [-0.2, -0.15) is 0 Å². The van der Waals surface area contributed by atoms with Gasteiger partial charge in [0.1, 0.15) is 0 Å². The largest absolute Gasteiger partial charge is 0.381 e. The van der Waals surface area contributed by atoms with E-state index < -0.39 is 0 Å². The highest BCUT2D eigenvalue weighted by Crippen LogP contribution is 2.35. The molecule has 0 radical (unpaired) electrons. The number of piperazine rings is 1. The summed E-state index contributed by atoms with van der Waals surface area (Å²) in [5.74, 6) is 0. The Labute approximate surface area is 131 Å². The van der Waals surface area contributed by atoms with Gasteiger partial charge >= 0.3 is 0 Å². The zero-order chi connectivity index (χ0) is 15.3. The van der Waals surface area contributed by atoms with Gasteiger partial charge in [0.15, 0.2) is 0 Å². The Balaban J connectivity index is 2.12. The molecule has 1 saturated heterocycles. The number of hydrogen-bond acceptors (Lipinski definition) is 3. The molecule has 124 valence electrons. The quantitative estimate of drug-likeness (QED) is 0.811. The van der Waals surface area contributed by atoms with Crippen molar-refractivity contribution in [3.05, 3.63) is 0 Å². The van der Waals surface area contributed by atoms with Gasteiger partial charge < -0.3 is 10.1 Å². The minimum Gasteiger partial charge on any atom is -0.381 e. The van der Waals surface area contributed by atoms with Crippen LogP contribution in [0.2, 0.25) is 0 Å². The SMILES string of the molecule is CCCC1CN(C2CCCC(OC)C2)C(CC)(CC)CN1. The van der Waals surface area contributed by atoms with Crippen molar-refractivity contribution in [2.45, 2.75) is 95.9 Å². The second-order valence-electron chi connectivity index (χ2n) is 7.13. The van der Waals surface area contributed by atoms with Crippen molar-refractivity contribution in [3.8, 4) is 0 Å². The molecule has 1 aliphatic heterocycles. The molecule has 2 aliphatic rings. The van der Waals surface area contributed by atoms with E-state index in [1.807, 2.05) is 7.11 Å². The Hall–Kier alpha value is -0.120. The molecule has 0 spiro atoms. The lowest BCUT2D eigenvalue weighted by Crippen LogP contribution is -2.67. The predicted molar refractivity (Wildman–Crippen MR) is 89.8 cm³/mol. The summed E-state index contributed by atoms with van der Waals surface area (Å²) in [5.41, 5.74) is 0.366. The molecule has 3 unspecified atom stereocenters. The Kier molecular flexibility index (Phi) is 6.51. The van der Waals surface area contributed by atoms with Crippen molar-refractivity contribution in [1.29, 1.82) is 0 Å². The van der Waals surface area contributed by atoms with Crippen LogP contribution in [0.1, 0.15) is 72.1 Å². The van der Waals surface area contributed by atoms with Crippen molar-refractivity contribution in [3.63, 3.8) is 0 Å². The fourth-order valence-electron chi connectivity index (χ4n) is 4.53. The van der Waals surface area contributed by atoms with E-state index >= 15 is 0 Å². The van der Waals surface area contributed by atoms with Crippen LogP contribution < -0.4 is 5.32 Å². The average molecular weight is 296 g/mol. The van der Waals surface area contributed by atoms with Gasteiger partial charge in [-0.3, -0.25) is 4.90 Å². The van der Waals surface area contributed by atoms with Gasteiger partial charge in [0, 0.05) is 37.8 Å². The van der Waals surface area contributed by atoms with E-state index in [-0.39, 0.29) is 0 Å². The molecule has 2 fully saturated rings. The zero-order valence-electron chi connectivity index (χ0n) is 14.7. The van der Waals surface area contributed by atoms with E-state index in [0.717, 1.165) is 6.04 Å². The molecule has 0 amide bonds. The second-order valence-corrected chi connectivity index (χ2v) is 7.13. The van der Waals surface area contributed by atoms with E-state index in [4.69, 9.17) is 4.74 Å². The van der Waals surface area contributed by atoms with Crippen LogP contribution in [0.25, 0.3) is 0 Å². The van der Waals surface area contributed by atoms with E-state index in [9.17, 15) is 0 Å².